The number of pyridine rings is 3. The molecule has 1 saturated heterocycles. The molecule has 0 saturated carbocycles. The van der Waals surface area contributed by atoms with Crippen molar-refractivity contribution in [2.75, 3.05) is 27.2 Å². The highest BCUT2D eigenvalue weighted by Crippen LogP contribution is 2.33. The summed E-state index contributed by atoms with van der Waals surface area (Å²) in [5, 5.41) is 3.03. The van der Waals surface area contributed by atoms with E-state index in [-0.39, 0.29) is 24.1 Å². The Bertz CT molecular complexity index is 1580. The van der Waals surface area contributed by atoms with Crippen LogP contribution < -0.4 is 10.9 Å². The van der Waals surface area contributed by atoms with E-state index < -0.39 is 0 Å². The second kappa shape index (κ2) is 11.4. The van der Waals surface area contributed by atoms with Crippen LogP contribution in [-0.4, -0.2) is 63.3 Å². The maximum Gasteiger partial charge on any atom is 0.253 e. The van der Waals surface area contributed by atoms with E-state index in [0.29, 0.717) is 17.2 Å². The minimum atomic E-state index is -0.175. The summed E-state index contributed by atoms with van der Waals surface area (Å²) in [5.41, 5.74) is 7.96. The zero-order valence-corrected chi connectivity index (χ0v) is 24.4. The SMILES string of the molecule is Cc1cc(C)c(CNC(=O)c2cc3cc(-c4ccncc4)cn3c(C(C)N3CCC(N(C)C)CC3)c2C)c(=O)[nH]1. The first-order chi connectivity index (χ1) is 19.1. The highest BCUT2D eigenvalue weighted by molar-refractivity contribution is 5.97. The number of fused-ring (bicyclic) bond motifs is 1. The largest absolute Gasteiger partial charge is 0.348 e. The molecule has 8 nitrogen and oxygen atoms in total. The number of hydrogen-bond acceptors (Lipinski definition) is 5. The molecule has 0 aromatic carbocycles. The summed E-state index contributed by atoms with van der Waals surface area (Å²) in [6, 6.07) is 10.8. The Balaban J connectivity index is 1.52. The number of piperidine rings is 1. The summed E-state index contributed by atoms with van der Waals surface area (Å²) in [6.07, 6.45) is 8.02. The van der Waals surface area contributed by atoms with Gasteiger partial charge in [-0.2, -0.15) is 0 Å². The van der Waals surface area contributed by atoms with E-state index >= 15 is 0 Å². The highest BCUT2D eigenvalue weighted by Gasteiger charge is 2.28. The summed E-state index contributed by atoms with van der Waals surface area (Å²) >= 11 is 0. The molecule has 5 heterocycles. The van der Waals surface area contributed by atoms with Gasteiger partial charge in [0.25, 0.3) is 11.5 Å². The van der Waals surface area contributed by atoms with Crippen molar-refractivity contribution in [2.24, 2.45) is 0 Å². The van der Waals surface area contributed by atoms with E-state index in [9.17, 15) is 9.59 Å². The number of aromatic nitrogens is 3. The van der Waals surface area contributed by atoms with Crippen LogP contribution >= 0.6 is 0 Å². The fourth-order valence-electron chi connectivity index (χ4n) is 6.15. The van der Waals surface area contributed by atoms with Crippen molar-refractivity contribution in [3.63, 3.8) is 0 Å². The summed E-state index contributed by atoms with van der Waals surface area (Å²) in [4.78, 5) is 38.1. The first kappa shape index (κ1) is 27.8. The molecular weight excluding hydrogens is 500 g/mol. The third kappa shape index (κ3) is 5.46. The van der Waals surface area contributed by atoms with Gasteiger partial charge in [-0.15, -0.1) is 0 Å². The van der Waals surface area contributed by atoms with Crippen LogP contribution in [-0.2, 0) is 6.54 Å². The minimum Gasteiger partial charge on any atom is -0.348 e. The van der Waals surface area contributed by atoms with Crippen molar-refractivity contribution < 1.29 is 4.79 Å². The summed E-state index contributed by atoms with van der Waals surface area (Å²) in [6.45, 7) is 10.3. The molecule has 1 aliphatic heterocycles. The summed E-state index contributed by atoms with van der Waals surface area (Å²) in [7, 11) is 4.32. The fraction of sp³-hybridized carbons (Fsp3) is 0.406. The van der Waals surface area contributed by atoms with Gasteiger partial charge in [0.15, 0.2) is 0 Å². The maximum absolute atomic E-state index is 13.7. The average Bonchev–Trinajstić information content (AvgIpc) is 3.36. The van der Waals surface area contributed by atoms with Crippen molar-refractivity contribution >= 4 is 11.4 Å². The van der Waals surface area contributed by atoms with E-state index in [1.165, 1.54) is 0 Å². The Morgan fingerprint density at radius 1 is 1.10 bits per heavy atom. The van der Waals surface area contributed by atoms with E-state index in [1.54, 1.807) is 12.4 Å². The molecule has 4 aromatic rings. The van der Waals surface area contributed by atoms with Gasteiger partial charge in [0.2, 0.25) is 0 Å². The number of carbonyl (C=O) groups excluding carboxylic acids is 1. The number of amides is 1. The van der Waals surface area contributed by atoms with Crippen LogP contribution in [0.1, 0.15) is 64.2 Å². The smallest absolute Gasteiger partial charge is 0.253 e. The Morgan fingerprint density at radius 2 is 1.80 bits per heavy atom. The van der Waals surface area contributed by atoms with Crippen molar-refractivity contribution in [3.8, 4) is 11.1 Å². The van der Waals surface area contributed by atoms with Gasteiger partial charge in [0, 0.05) is 83.9 Å². The zero-order valence-electron chi connectivity index (χ0n) is 24.4. The number of nitrogens with zero attached hydrogens (tertiary/aromatic N) is 4. The number of nitrogens with one attached hydrogen (secondary N) is 2. The second-order valence-corrected chi connectivity index (χ2v) is 11.4. The molecular formula is C32H40N6O2. The average molecular weight is 541 g/mol. The van der Waals surface area contributed by atoms with Crippen molar-refractivity contribution in [2.45, 2.75) is 59.2 Å². The standard InChI is InChI=1S/C32H40N6O2/c1-20-15-21(2)35-32(40)29(20)18-34-31(39)28-17-27-16-25(24-7-11-33-12-8-24)19-38(27)30(22(28)3)23(4)37-13-9-26(10-14-37)36(5)6/h7-8,11-12,15-17,19,23,26H,9-10,13-14,18H2,1-6H3,(H,34,39)(H,35,40). The summed E-state index contributed by atoms with van der Waals surface area (Å²) in [5.74, 6) is -0.175. The van der Waals surface area contributed by atoms with Gasteiger partial charge in [-0.05, 0) is 102 Å². The molecule has 40 heavy (non-hydrogen) atoms. The molecule has 0 aliphatic carbocycles. The minimum absolute atomic E-state index is 0.123. The van der Waals surface area contributed by atoms with Gasteiger partial charge in [0.1, 0.15) is 0 Å². The topological polar surface area (TPSA) is 85.7 Å². The Morgan fingerprint density at radius 3 is 2.45 bits per heavy atom. The van der Waals surface area contributed by atoms with E-state index in [2.05, 4.69) is 62.8 Å². The second-order valence-electron chi connectivity index (χ2n) is 11.4. The lowest BCUT2D eigenvalue weighted by Crippen LogP contribution is -2.43. The van der Waals surface area contributed by atoms with Crippen molar-refractivity contribution in [1.29, 1.82) is 0 Å². The highest BCUT2D eigenvalue weighted by atomic mass is 16.1. The predicted octanol–water partition coefficient (Wildman–Crippen LogP) is 4.63. The third-order valence-corrected chi connectivity index (χ3v) is 8.54. The number of rotatable bonds is 7. The van der Waals surface area contributed by atoms with Crippen LogP contribution in [0.25, 0.3) is 16.6 Å². The Hall–Kier alpha value is -3.75. The molecule has 210 valence electrons. The number of likely N-dealkylation sites (tertiary alicyclic amines) is 1. The van der Waals surface area contributed by atoms with Crippen LogP contribution in [0.5, 0.6) is 0 Å². The lowest BCUT2D eigenvalue weighted by molar-refractivity contribution is 0.0948. The molecule has 1 atom stereocenters. The fourth-order valence-corrected chi connectivity index (χ4v) is 6.15. The van der Waals surface area contributed by atoms with Gasteiger partial charge in [-0.1, -0.05) is 0 Å². The maximum atomic E-state index is 13.7. The zero-order chi connectivity index (χ0) is 28.6. The van der Waals surface area contributed by atoms with Crippen molar-refractivity contribution in [3.05, 3.63) is 92.9 Å². The molecule has 0 spiro atoms. The lowest BCUT2D eigenvalue weighted by atomic mass is 9.97. The third-order valence-electron chi connectivity index (χ3n) is 8.54. The normalized spacial score (nSPS) is 15.6. The first-order valence-electron chi connectivity index (χ1n) is 14.1. The number of carbonyl (C=O) groups is 1. The molecule has 0 radical (unpaired) electrons. The van der Waals surface area contributed by atoms with Gasteiger partial charge in [0.05, 0.1) is 0 Å². The van der Waals surface area contributed by atoms with Crippen LogP contribution in [0, 0.1) is 20.8 Å². The van der Waals surface area contributed by atoms with Crippen molar-refractivity contribution in [1.82, 2.24) is 29.5 Å². The van der Waals surface area contributed by atoms with E-state index in [1.807, 2.05) is 45.0 Å². The molecule has 1 aliphatic rings. The van der Waals surface area contributed by atoms with E-state index in [0.717, 1.165) is 65.1 Å². The molecule has 0 bridgehead atoms. The quantitative estimate of drug-likeness (QED) is 0.357. The summed E-state index contributed by atoms with van der Waals surface area (Å²) < 4.78 is 2.25. The van der Waals surface area contributed by atoms with Gasteiger partial charge in [-0.25, -0.2) is 0 Å². The number of aryl methyl sites for hydroxylation is 2. The van der Waals surface area contributed by atoms with Crippen LogP contribution in [0.4, 0.5) is 0 Å². The number of hydrogen-bond donors (Lipinski definition) is 2. The van der Waals surface area contributed by atoms with Gasteiger partial charge in [-0.3, -0.25) is 19.5 Å². The lowest BCUT2D eigenvalue weighted by Gasteiger charge is -2.39. The molecule has 4 aromatic heterocycles. The van der Waals surface area contributed by atoms with Gasteiger partial charge < -0.3 is 19.6 Å². The van der Waals surface area contributed by atoms with Crippen LogP contribution in [0.2, 0.25) is 0 Å². The van der Waals surface area contributed by atoms with Crippen LogP contribution in [0.15, 0.2) is 53.7 Å². The Labute approximate surface area is 236 Å². The molecule has 1 fully saturated rings. The van der Waals surface area contributed by atoms with Gasteiger partial charge >= 0.3 is 0 Å². The monoisotopic (exact) mass is 540 g/mol. The van der Waals surface area contributed by atoms with E-state index in [4.69, 9.17) is 0 Å². The molecule has 1 unspecified atom stereocenters. The molecule has 5 rings (SSSR count). The number of H-pyrrole nitrogens is 1. The molecule has 8 heteroatoms. The Kier molecular flexibility index (Phi) is 7.92. The first-order valence-corrected chi connectivity index (χ1v) is 14.1. The molecule has 1 amide bonds. The predicted molar refractivity (Wildman–Crippen MR) is 160 cm³/mol. The number of aromatic amines is 1. The molecule has 2 N–H and O–H groups in total. The van der Waals surface area contributed by atoms with Crippen LogP contribution in [0.3, 0.4) is 0 Å².